The lowest BCUT2D eigenvalue weighted by molar-refractivity contribution is 0.0562. The summed E-state index contributed by atoms with van der Waals surface area (Å²) < 4.78 is 11.1. The topological polar surface area (TPSA) is 51.5 Å². The van der Waals surface area contributed by atoms with Gasteiger partial charge in [-0.1, -0.05) is 11.6 Å². The number of ether oxygens (including phenoxy) is 1. The van der Waals surface area contributed by atoms with Crippen molar-refractivity contribution in [3.63, 3.8) is 0 Å². The van der Waals surface area contributed by atoms with E-state index in [-0.39, 0.29) is 11.8 Å². The highest BCUT2D eigenvalue weighted by molar-refractivity contribution is 14.1. The van der Waals surface area contributed by atoms with Gasteiger partial charge in [-0.25, -0.2) is 4.79 Å². The molecular formula is C14H13ClINO3. The number of carbonyl (C=O) groups excluding carboxylic acids is 1. The molecule has 106 valence electrons. The second kappa shape index (κ2) is 6.49. The molecule has 1 unspecified atom stereocenters. The molecule has 1 heterocycles. The number of hydrogen-bond donors (Lipinski definition) is 1. The summed E-state index contributed by atoms with van der Waals surface area (Å²) >= 11 is 8.13. The third-order valence-corrected chi connectivity index (χ3v) is 3.87. The Morgan fingerprint density at radius 2 is 2.15 bits per heavy atom. The molecular weight excluding hydrogens is 393 g/mol. The zero-order chi connectivity index (χ0) is 14.7. The summed E-state index contributed by atoms with van der Waals surface area (Å²) in [5, 5.41) is 4.01. The van der Waals surface area contributed by atoms with Gasteiger partial charge in [0.25, 0.3) is 0 Å². The molecule has 0 saturated heterocycles. The number of hydrogen-bond acceptors (Lipinski definition) is 4. The van der Waals surface area contributed by atoms with E-state index in [1.165, 1.54) is 7.11 Å². The van der Waals surface area contributed by atoms with Gasteiger partial charge in [0.1, 0.15) is 5.76 Å². The highest BCUT2D eigenvalue weighted by Gasteiger charge is 2.16. The van der Waals surface area contributed by atoms with E-state index in [0.29, 0.717) is 10.8 Å². The Kier molecular flexibility index (Phi) is 4.93. The fourth-order valence-electron chi connectivity index (χ4n) is 1.71. The van der Waals surface area contributed by atoms with Crippen LogP contribution in [0.1, 0.15) is 29.3 Å². The van der Waals surface area contributed by atoms with Crippen molar-refractivity contribution in [1.29, 1.82) is 0 Å². The molecule has 2 rings (SSSR count). The molecule has 0 amide bonds. The van der Waals surface area contributed by atoms with E-state index in [4.69, 9.17) is 16.0 Å². The number of benzene rings is 1. The minimum absolute atomic E-state index is 0.0805. The van der Waals surface area contributed by atoms with Crippen molar-refractivity contribution in [1.82, 2.24) is 0 Å². The molecule has 6 heteroatoms. The maximum absolute atomic E-state index is 11.3. The van der Waals surface area contributed by atoms with E-state index in [0.717, 1.165) is 9.26 Å². The third kappa shape index (κ3) is 3.46. The van der Waals surface area contributed by atoms with E-state index < -0.39 is 5.97 Å². The Balaban J connectivity index is 2.13. The number of furan rings is 1. The van der Waals surface area contributed by atoms with Crippen LogP contribution >= 0.6 is 34.2 Å². The lowest BCUT2D eigenvalue weighted by Crippen LogP contribution is -2.07. The first kappa shape index (κ1) is 15.2. The van der Waals surface area contributed by atoms with E-state index >= 15 is 0 Å². The minimum Gasteiger partial charge on any atom is -0.463 e. The van der Waals surface area contributed by atoms with Gasteiger partial charge in [0.2, 0.25) is 5.76 Å². The number of halogens is 2. The summed E-state index contributed by atoms with van der Waals surface area (Å²) in [6, 6.07) is 8.88. The van der Waals surface area contributed by atoms with Gasteiger partial charge in [-0.3, -0.25) is 0 Å². The second-order valence-electron chi connectivity index (χ2n) is 4.18. The maximum Gasteiger partial charge on any atom is 0.373 e. The van der Waals surface area contributed by atoms with Crippen LogP contribution in [-0.2, 0) is 4.74 Å². The lowest BCUT2D eigenvalue weighted by atomic mass is 10.2. The quantitative estimate of drug-likeness (QED) is 0.601. The van der Waals surface area contributed by atoms with Crippen LogP contribution in [0.15, 0.2) is 34.7 Å². The normalized spacial score (nSPS) is 12.0. The van der Waals surface area contributed by atoms with Crippen molar-refractivity contribution in [2.24, 2.45) is 0 Å². The molecule has 0 radical (unpaired) electrons. The Hall–Kier alpha value is -1.21. The molecule has 0 aliphatic rings. The molecule has 1 N–H and O–H groups in total. The molecule has 0 aliphatic heterocycles. The van der Waals surface area contributed by atoms with Crippen LogP contribution in [0.25, 0.3) is 0 Å². The minimum atomic E-state index is -0.482. The van der Waals surface area contributed by atoms with Gasteiger partial charge in [0.05, 0.1) is 13.2 Å². The molecule has 1 aromatic heterocycles. The molecule has 0 fully saturated rings. The van der Waals surface area contributed by atoms with Crippen molar-refractivity contribution in [3.05, 3.63) is 50.4 Å². The summed E-state index contributed by atoms with van der Waals surface area (Å²) in [5.41, 5.74) is 0.957. The average Bonchev–Trinajstić information content (AvgIpc) is 2.90. The van der Waals surface area contributed by atoms with Gasteiger partial charge >= 0.3 is 5.97 Å². The summed E-state index contributed by atoms with van der Waals surface area (Å²) in [5.74, 6) is 0.377. The molecule has 1 aromatic carbocycles. The highest BCUT2D eigenvalue weighted by atomic mass is 127. The van der Waals surface area contributed by atoms with Gasteiger partial charge in [-0.2, -0.15) is 0 Å². The maximum atomic E-state index is 11.3. The largest absolute Gasteiger partial charge is 0.463 e. The van der Waals surface area contributed by atoms with E-state index in [2.05, 4.69) is 32.6 Å². The first-order chi connectivity index (χ1) is 9.51. The number of anilines is 1. The molecule has 0 bridgehead atoms. The van der Waals surface area contributed by atoms with Crippen LogP contribution in [0.5, 0.6) is 0 Å². The first-order valence-electron chi connectivity index (χ1n) is 5.91. The molecule has 4 nitrogen and oxygen atoms in total. The van der Waals surface area contributed by atoms with Crippen LogP contribution in [0, 0.1) is 3.57 Å². The number of nitrogens with one attached hydrogen (secondary N) is 1. The number of carbonyl (C=O) groups is 1. The van der Waals surface area contributed by atoms with Gasteiger partial charge in [0.15, 0.2) is 0 Å². The standard InChI is InChI=1S/C14H13ClINO3/c1-8(12-5-6-13(20-12)14(18)19-2)17-11-4-3-9(15)7-10(11)16/h3-8,17H,1-2H3. The number of rotatable bonds is 4. The molecule has 20 heavy (non-hydrogen) atoms. The summed E-state index contributed by atoms with van der Waals surface area (Å²) in [7, 11) is 1.32. The van der Waals surface area contributed by atoms with E-state index in [1.807, 2.05) is 25.1 Å². The zero-order valence-corrected chi connectivity index (χ0v) is 13.9. The van der Waals surface area contributed by atoms with E-state index in [1.54, 1.807) is 12.1 Å². The van der Waals surface area contributed by atoms with Gasteiger partial charge in [0, 0.05) is 14.3 Å². The Labute approximate surface area is 135 Å². The van der Waals surface area contributed by atoms with Gasteiger partial charge < -0.3 is 14.5 Å². The molecule has 0 spiro atoms. The SMILES string of the molecule is COC(=O)c1ccc(C(C)Nc2ccc(Cl)cc2I)o1. The summed E-state index contributed by atoms with van der Waals surface area (Å²) in [4.78, 5) is 11.3. The Bertz CT molecular complexity index is 627. The smallest absolute Gasteiger partial charge is 0.373 e. The predicted molar refractivity (Wildman–Crippen MR) is 86.3 cm³/mol. The van der Waals surface area contributed by atoms with Crippen LogP contribution < -0.4 is 5.32 Å². The summed E-state index contributed by atoms with van der Waals surface area (Å²) in [6.45, 7) is 1.95. The lowest BCUT2D eigenvalue weighted by Gasteiger charge is -2.14. The Morgan fingerprint density at radius 3 is 2.80 bits per heavy atom. The van der Waals surface area contributed by atoms with Crippen LogP contribution in [0.3, 0.4) is 0 Å². The van der Waals surface area contributed by atoms with Crippen LogP contribution in [0.4, 0.5) is 5.69 Å². The van der Waals surface area contributed by atoms with Crippen molar-refractivity contribution in [3.8, 4) is 0 Å². The highest BCUT2D eigenvalue weighted by Crippen LogP contribution is 2.27. The Morgan fingerprint density at radius 1 is 1.40 bits per heavy atom. The number of esters is 1. The van der Waals surface area contributed by atoms with Crippen molar-refractivity contribution in [2.75, 3.05) is 12.4 Å². The zero-order valence-electron chi connectivity index (χ0n) is 10.9. The third-order valence-electron chi connectivity index (χ3n) is 2.74. The first-order valence-corrected chi connectivity index (χ1v) is 7.36. The van der Waals surface area contributed by atoms with Crippen molar-refractivity contribution >= 4 is 45.8 Å². The molecule has 0 saturated carbocycles. The molecule has 2 aromatic rings. The predicted octanol–water partition coefficient (Wildman–Crippen LogP) is 4.50. The van der Waals surface area contributed by atoms with Crippen LogP contribution in [0.2, 0.25) is 5.02 Å². The fraction of sp³-hybridized carbons (Fsp3) is 0.214. The van der Waals surface area contributed by atoms with E-state index in [9.17, 15) is 4.79 Å². The fourth-order valence-corrected chi connectivity index (χ4v) is 2.73. The number of methoxy groups -OCH3 is 1. The van der Waals surface area contributed by atoms with Gasteiger partial charge in [-0.05, 0) is 59.8 Å². The average molecular weight is 406 g/mol. The monoisotopic (exact) mass is 405 g/mol. The molecule has 0 aliphatic carbocycles. The molecule has 1 atom stereocenters. The van der Waals surface area contributed by atoms with Gasteiger partial charge in [-0.15, -0.1) is 0 Å². The summed E-state index contributed by atoms with van der Waals surface area (Å²) in [6.07, 6.45) is 0. The van der Waals surface area contributed by atoms with Crippen LogP contribution in [-0.4, -0.2) is 13.1 Å². The van der Waals surface area contributed by atoms with Crippen molar-refractivity contribution in [2.45, 2.75) is 13.0 Å². The van der Waals surface area contributed by atoms with Crippen molar-refractivity contribution < 1.29 is 13.9 Å². The second-order valence-corrected chi connectivity index (χ2v) is 5.78.